The lowest BCUT2D eigenvalue weighted by atomic mass is 9.70. The van der Waals surface area contributed by atoms with Gasteiger partial charge in [-0.25, -0.2) is 0 Å². The lowest BCUT2D eigenvalue weighted by Crippen LogP contribution is -2.53. The third kappa shape index (κ3) is 2.11. The van der Waals surface area contributed by atoms with Gasteiger partial charge in [0.2, 0.25) is 0 Å². The first-order valence-corrected chi connectivity index (χ1v) is 6.84. The Bertz CT molecular complexity index is 275. The highest BCUT2D eigenvalue weighted by molar-refractivity contribution is 5.11. The summed E-state index contributed by atoms with van der Waals surface area (Å²) >= 11 is 0. The van der Waals surface area contributed by atoms with Gasteiger partial charge in [-0.15, -0.1) is 0 Å². The Hall–Kier alpha value is -0.550. The van der Waals surface area contributed by atoms with Crippen molar-refractivity contribution in [3.8, 4) is 6.07 Å². The van der Waals surface area contributed by atoms with Crippen LogP contribution in [0.3, 0.4) is 0 Å². The van der Waals surface area contributed by atoms with Crippen molar-refractivity contribution in [2.24, 2.45) is 11.8 Å². The summed E-state index contributed by atoms with van der Waals surface area (Å²) in [5.74, 6) is 1.50. The summed E-state index contributed by atoms with van der Waals surface area (Å²) in [7, 11) is 0. The van der Waals surface area contributed by atoms with E-state index in [2.05, 4.69) is 24.8 Å². The molecule has 0 aromatic rings. The van der Waals surface area contributed by atoms with E-state index in [0.717, 1.165) is 31.8 Å². The average molecular weight is 220 g/mol. The van der Waals surface area contributed by atoms with Crippen LogP contribution in [0.1, 0.15) is 52.4 Å². The van der Waals surface area contributed by atoms with Crippen molar-refractivity contribution in [2.45, 2.75) is 57.9 Å². The number of nitrogens with zero attached hydrogens (tertiary/aromatic N) is 2. The molecular weight excluding hydrogens is 196 g/mol. The molecule has 0 aromatic heterocycles. The van der Waals surface area contributed by atoms with Gasteiger partial charge in [-0.2, -0.15) is 5.26 Å². The summed E-state index contributed by atoms with van der Waals surface area (Å²) in [4.78, 5) is 2.48. The number of nitriles is 1. The lowest BCUT2D eigenvalue weighted by Gasteiger charge is -2.46. The Morgan fingerprint density at radius 1 is 1.12 bits per heavy atom. The van der Waals surface area contributed by atoms with Crippen molar-refractivity contribution in [3.05, 3.63) is 0 Å². The molecule has 3 unspecified atom stereocenters. The smallest absolute Gasteiger partial charge is 0.109 e. The highest BCUT2D eigenvalue weighted by atomic mass is 15.2. The van der Waals surface area contributed by atoms with Gasteiger partial charge in [0.1, 0.15) is 5.54 Å². The molecule has 0 aromatic carbocycles. The SMILES string of the molecule is CC1CCC(C#N)(N2CCCCC2)CC1C. The molecule has 2 aliphatic rings. The van der Waals surface area contributed by atoms with Gasteiger partial charge >= 0.3 is 0 Å². The molecule has 1 saturated carbocycles. The topological polar surface area (TPSA) is 27.0 Å². The number of piperidine rings is 1. The Morgan fingerprint density at radius 3 is 2.38 bits per heavy atom. The van der Waals surface area contributed by atoms with Gasteiger partial charge in [0.25, 0.3) is 0 Å². The van der Waals surface area contributed by atoms with Crippen LogP contribution >= 0.6 is 0 Å². The summed E-state index contributed by atoms with van der Waals surface area (Å²) in [5.41, 5.74) is -0.119. The largest absolute Gasteiger partial charge is 0.286 e. The van der Waals surface area contributed by atoms with Gasteiger partial charge in [0.15, 0.2) is 0 Å². The van der Waals surface area contributed by atoms with Gasteiger partial charge in [-0.3, -0.25) is 4.90 Å². The Kier molecular flexibility index (Phi) is 3.54. The first kappa shape index (κ1) is 11.9. The van der Waals surface area contributed by atoms with Gasteiger partial charge in [-0.1, -0.05) is 20.3 Å². The van der Waals surface area contributed by atoms with Crippen LogP contribution in [0.25, 0.3) is 0 Å². The molecule has 90 valence electrons. The molecule has 3 atom stereocenters. The van der Waals surface area contributed by atoms with Crippen molar-refractivity contribution in [3.63, 3.8) is 0 Å². The van der Waals surface area contributed by atoms with E-state index in [4.69, 9.17) is 0 Å². The van der Waals surface area contributed by atoms with E-state index >= 15 is 0 Å². The highest BCUT2D eigenvalue weighted by Crippen LogP contribution is 2.40. The average Bonchev–Trinajstić information content (AvgIpc) is 2.34. The van der Waals surface area contributed by atoms with E-state index in [1.54, 1.807) is 0 Å². The molecule has 2 nitrogen and oxygen atoms in total. The van der Waals surface area contributed by atoms with Crippen molar-refractivity contribution in [1.29, 1.82) is 5.26 Å². The molecule has 0 bridgehead atoms. The molecule has 0 N–H and O–H groups in total. The molecule has 1 aliphatic heterocycles. The van der Waals surface area contributed by atoms with Crippen LogP contribution in [-0.4, -0.2) is 23.5 Å². The van der Waals surface area contributed by atoms with Gasteiger partial charge in [-0.05, 0) is 57.0 Å². The molecule has 0 spiro atoms. The van der Waals surface area contributed by atoms with Crippen LogP contribution in [0.4, 0.5) is 0 Å². The van der Waals surface area contributed by atoms with Gasteiger partial charge in [0, 0.05) is 0 Å². The third-order valence-corrected chi connectivity index (χ3v) is 4.81. The molecule has 2 fully saturated rings. The van der Waals surface area contributed by atoms with Crippen molar-refractivity contribution in [1.82, 2.24) is 4.90 Å². The second-order valence-electron chi connectivity index (χ2n) is 5.89. The zero-order chi connectivity index (χ0) is 11.6. The molecular formula is C14H24N2. The van der Waals surface area contributed by atoms with Gasteiger partial charge < -0.3 is 0 Å². The molecule has 16 heavy (non-hydrogen) atoms. The van der Waals surface area contributed by atoms with Crippen molar-refractivity contribution >= 4 is 0 Å². The Balaban J connectivity index is 2.10. The van der Waals surface area contributed by atoms with Crippen molar-refractivity contribution in [2.75, 3.05) is 13.1 Å². The zero-order valence-corrected chi connectivity index (χ0v) is 10.7. The minimum Gasteiger partial charge on any atom is -0.286 e. The van der Waals surface area contributed by atoms with Crippen LogP contribution in [0, 0.1) is 23.2 Å². The molecule has 1 aliphatic carbocycles. The van der Waals surface area contributed by atoms with E-state index in [0.29, 0.717) is 5.92 Å². The Morgan fingerprint density at radius 2 is 1.81 bits per heavy atom. The fourth-order valence-corrected chi connectivity index (χ4v) is 3.37. The standard InChI is InChI=1S/C14H24N2/c1-12-6-7-14(11-15,10-13(12)2)16-8-4-3-5-9-16/h12-13H,3-10H2,1-2H3. The van der Waals surface area contributed by atoms with E-state index in [9.17, 15) is 5.26 Å². The second kappa shape index (κ2) is 4.75. The molecule has 2 rings (SSSR count). The number of rotatable bonds is 1. The minimum atomic E-state index is -0.119. The number of likely N-dealkylation sites (tertiary alicyclic amines) is 1. The highest BCUT2D eigenvalue weighted by Gasteiger charge is 2.42. The number of hydrogen-bond donors (Lipinski definition) is 0. The maximum absolute atomic E-state index is 9.61. The lowest BCUT2D eigenvalue weighted by molar-refractivity contribution is 0.0427. The zero-order valence-electron chi connectivity index (χ0n) is 10.7. The maximum atomic E-state index is 9.61. The van der Waals surface area contributed by atoms with Gasteiger partial charge in [0.05, 0.1) is 6.07 Å². The monoisotopic (exact) mass is 220 g/mol. The predicted octanol–water partition coefficient (Wildman–Crippen LogP) is 3.19. The minimum absolute atomic E-state index is 0.119. The fraction of sp³-hybridized carbons (Fsp3) is 0.929. The normalized spacial score (nSPS) is 41.6. The molecule has 0 radical (unpaired) electrons. The van der Waals surface area contributed by atoms with Crippen LogP contribution in [0.5, 0.6) is 0 Å². The van der Waals surface area contributed by atoms with Crippen LogP contribution in [0.15, 0.2) is 0 Å². The van der Waals surface area contributed by atoms with Crippen LogP contribution < -0.4 is 0 Å². The van der Waals surface area contributed by atoms with Crippen molar-refractivity contribution < 1.29 is 0 Å². The molecule has 2 heteroatoms. The van der Waals surface area contributed by atoms with E-state index in [1.165, 1.54) is 25.7 Å². The second-order valence-corrected chi connectivity index (χ2v) is 5.89. The fourth-order valence-electron chi connectivity index (χ4n) is 3.37. The third-order valence-electron chi connectivity index (χ3n) is 4.81. The summed E-state index contributed by atoms with van der Waals surface area (Å²) in [6.45, 7) is 6.95. The molecule has 1 heterocycles. The summed E-state index contributed by atoms with van der Waals surface area (Å²) < 4.78 is 0. The quantitative estimate of drug-likeness (QED) is 0.678. The van der Waals surface area contributed by atoms with E-state index in [1.807, 2.05) is 0 Å². The molecule has 1 saturated heterocycles. The van der Waals surface area contributed by atoms with Crippen LogP contribution in [0.2, 0.25) is 0 Å². The number of hydrogen-bond acceptors (Lipinski definition) is 2. The van der Waals surface area contributed by atoms with E-state index in [-0.39, 0.29) is 5.54 Å². The maximum Gasteiger partial charge on any atom is 0.109 e. The Labute approximate surface area is 99.6 Å². The summed E-state index contributed by atoms with van der Waals surface area (Å²) in [6, 6.07) is 2.66. The van der Waals surface area contributed by atoms with E-state index < -0.39 is 0 Å². The summed E-state index contributed by atoms with van der Waals surface area (Å²) in [5, 5.41) is 9.61. The predicted molar refractivity (Wildman–Crippen MR) is 65.9 cm³/mol. The summed E-state index contributed by atoms with van der Waals surface area (Å²) in [6.07, 6.45) is 7.33. The molecule has 0 amide bonds. The van der Waals surface area contributed by atoms with Crippen LogP contribution in [-0.2, 0) is 0 Å². The first-order valence-electron chi connectivity index (χ1n) is 6.84. The first-order chi connectivity index (χ1) is 7.68.